The minimum absolute atomic E-state index is 0.0452. The topological polar surface area (TPSA) is 61.5 Å². The van der Waals surface area contributed by atoms with Crippen molar-refractivity contribution in [2.75, 3.05) is 13.7 Å². The third-order valence-electron chi connectivity index (χ3n) is 4.04. The summed E-state index contributed by atoms with van der Waals surface area (Å²) in [6.45, 7) is 4.96. The van der Waals surface area contributed by atoms with Gasteiger partial charge in [-0.2, -0.15) is 0 Å². The van der Waals surface area contributed by atoms with Gasteiger partial charge in [0, 0.05) is 20.0 Å². The van der Waals surface area contributed by atoms with Crippen molar-refractivity contribution in [1.29, 1.82) is 0 Å². The predicted molar refractivity (Wildman–Crippen MR) is 75.8 cm³/mol. The van der Waals surface area contributed by atoms with Crippen LogP contribution in [-0.2, 0) is 14.3 Å². The monoisotopic (exact) mass is 271 g/mol. The molecule has 1 fully saturated rings. The maximum absolute atomic E-state index is 11.9. The van der Waals surface area contributed by atoms with Crippen LogP contribution in [0.4, 0.5) is 0 Å². The number of esters is 1. The third-order valence-corrected chi connectivity index (χ3v) is 4.04. The molecular formula is C15H29NO3. The molecule has 0 radical (unpaired) electrons. The molecule has 0 saturated heterocycles. The highest BCUT2D eigenvalue weighted by Gasteiger charge is 2.25. The van der Waals surface area contributed by atoms with Crippen molar-refractivity contribution in [3.05, 3.63) is 0 Å². The van der Waals surface area contributed by atoms with Crippen LogP contribution in [0.15, 0.2) is 0 Å². The van der Waals surface area contributed by atoms with Crippen molar-refractivity contribution < 1.29 is 14.3 Å². The van der Waals surface area contributed by atoms with Gasteiger partial charge in [0.1, 0.15) is 6.10 Å². The fourth-order valence-electron chi connectivity index (χ4n) is 2.62. The van der Waals surface area contributed by atoms with E-state index in [1.807, 2.05) is 0 Å². The van der Waals surface area contributed by atoms with Gasteiger partial charge in [-0.25, -0.2) is 0 Å². The SMILES string of the molecule is COC1CCCC(OC(=O)CCC(C)(C)CCN)C1. The normalized spacial score (nSPS) is 24.2. The number of hydrogen-bond acceptors (Lipinski definition) is 4. The first-order valence-corrected chi connectivity index (χ1v) is 7.39. The van der Waals surface area contributed by atoms with Crippen LogP contribution in [-0.4, -0.2) is 31.8 Å². The van der Waals surface area contributed by atoms with Crippen LogP contribution in [0.1, 0.15) is 58.8 Å². The van der Waals surface area contributed by atoms with Gasteiger partial charge in [0.05, 0.1) is 6.10 Å². The summed E-state index contributed by atoms with van der Waals surface area (Å²) in [5.41, 5.74) is 5.69. The van der Waals surface area contributed by atoms with E-state index in [0.29, 0.717) is 13.0 Å². The molecule has 1 aliphatic carbocycles. The molecule has 1 aliphatic rings. The molecule has 112 valence electrons. The zero-order valence-electron chi connectivity index (χ0n) is 12.6. The van der Waals surface area contributed by atoms with Crippen LogP contribution >= 0.6 is 0 Å². The number of methoxy groups -OCH3 is 1. The summed E-state index contributed by atoms with van der Waals surface area (Å²) in [4.78, 5) is 11.9. The molecule has 0 amide bonds. The summed E-state index contributed by atoms with van der Waals surface area (Å²) in [5, 5.41) is 0. The van der Waals surface area contributed by atoms with Crippen molar-refractivity contribution in [2.24, 2.45) is 11.1 Å². The van der Waals surface area contributed by atoms with Gasteiger partial charge in [-0.1, -0.05) is 13.8 Å². The first-order chi connectivity index (χ1) is 8.96. The lowest BCUT2D eigenvalue weighted by Crippen LogP contribution is -2.29. The lowest BCUT2D eigenvalue weighted by atomic mass is 9.84. The summed E-state index contributed by atoms with van der Waals surface area (Å²) in [5.74, 6) is -0.0770. The lowest BCUT2D eigenvalue weighted by Gasteiger charge is -2.28. The van der Waals surface area contributed by atoms with Crippen LogP contribution in [0.3, 0.4) is 0 Å². The molecule has 1 saturated carbocycles. The Morgan fingerprint density at radius 2 is 1.95 bits per heavy atom. The van der Waals surface area contributed by atoms with Crippen molar-refractivity contribution >= 4 is 5.97 Å². The van der Waals surface area contributed by atoms with Gasteiger partial charge >= 0.3 is 5.97 Å². The second kappa shape index (κ2) is 7.85. The highest BCUT2D eigenvalue weighted by molar-refractivity contribution is 5.69. The van der Waals surface area contributed by atoms with Crippen molar-refractivity contribution in [3.63, 3.8) is 0 Å². The van der Waals surface area contributed by atoms with Crippen LogP contribution < -0.4 is 5.73 Å². The van der Waals surface area contributed by atoms with Crippen LogP contribution in [0.25, 0.3) is 0 Å². The maximum Gasteiger partial charge on any atom is 0.306 e. The van der Waals surface area contributed by atoms with E-state index >= 15 is 0 Å². The number of ether oxygens (including phenoxy) is 2. The average Bonchev–Trinajstić information content (AvgIpc) is 2.37. The number of carbonyl (C=O) groups is 1. The van der Waals surface area contributed by atoms with Crippen molar-refractivity contribution in [2.45, 2.75) is 71.0 Å². The molecule has 1 rings (SSSR count). The summed E-state index contributed by atoms with van der Waals surface area (Å²) < 4.78 is 10.9. The zero-order chi connectivity index (χ0) is 14.3. The minimum Gasteiger partial charge on any atom is -0.462 e. The molecule has 4 heteroatoms. The molecule has 19 heavy (non-hydrogen) atoms. The Hall–Kier alpha value is -0.610. The van der Waals surface area contributed by atoms with Gasteiger partial charge < -0.3 is 15.2 Å². The molecule has 0 aromatic heterocycles. The first kappa shape index (κ1) is 16.4. The Balaban J connectivity index is 2.27. The van der Waals surface area contributed by atoms with E-state index in [-0.39, 0.29) is 23.6 Å². The molecule has 2 atom stereocenters. The van der Waals surface area contributed by atoms with Crippen LogP contribution in [0.5, 0.6) is 0 Å². The van der Waals surface area contributed by atoms with Crippen LogP contribution in [0.2, 0.25) is 0 Å². The fourth-order valence-corrected chi connectivity index (χ4v) is 2.62. The molecule has 0 aliphatic heterocycles. The first-order valence-electron chi connectivity index (χ1n) is 7.39. The molecular weight excluding hydrogens is 242 g/mol. The molecule has 0 heterocycles. The van der Waals surface area contributed by atoms with Gasteiger partial charge in [-0.15, -0.1) is 0 Å². The molecule has 2 unspecified atom stereocenters. The number of rotatable bonds is 7. The average molecular weight is 271 g/mol. The van der Waals surface area contributed by atoms with E-state index in [2.05, 4.69) is 13.8 Å². The molecule has 0 aromatic rings. The fraction of sp³-hybridized carbons (Fsp3) is 0.933. The van der Waals surface area contributed by atoms with E-state index in [0.717, 1.165) is 38.5 Å². The van der Waals surface area contributed by atoms with Gasteiger partial charge in [0.25, 0.3) is 0 Å². The van der Waals surface area contributed by atoms with E-state index in [4.69, 9.17) is 15.2 Å². The minimum atomic E-state index is -0.0770. The van der Waals surface area contributed by atoms with E-state index in [1.165, 1.54) is 0 Å². The van der Waals surface area contributed by atoms with Gasteiger partial charge in [-0.05, 0) is 44.1 Å². The van der Waals surface area contributed by atoms with E-state index in [1.54, 1.807) is 7.11 Å². The quantitative estimate of drug-likeness (QED) is 0.723. The Morgan fingerprint density at radius 3 is 2.58 bits per heavy atom. The smallest absolute Gasteiger partial charge is 0.306 e. The molecule has 0 bridgehead atoms. The molecule has 2 N–H and O–H groups in total. The zero-order valence-corrected chi connectivity index (χ0v) is 12.6. The summed E-state index contributed by atoms with van der Waals surface area (Å²) in [6, 6.07) is 0. The standard InChI is InChI=1S/C15H29NO3/c1-15(2,9-10-16)8-7-14(17)19-13-6-4-5-12(11-13)18-3/h12-13H,4-11,16H2,1-3H3. The molecule has 4 nitrogen and oxygen atoms in total. The third kappa shape index (κ3) is 6.39. The van der Waals surface area contributed by atoms with E-state index < -0.39 is 0 Å². The number of carbonyl (C=O) groups excluding carboxylic acids is 1. The second-order valence-electron chi connectivity index (χ2n) is 6.34. The molecule has 0 spiro atoms. The highest BCUT2D eigenvalue weighted by atomic mass is 16.5. The maximum atomic E-state index is 11.9. The number of nitrogens with two attached hydrogens (primary N) is 1. The Kier molecular flexibility index (Phi) is 6.80. The van der Waals surface area contributed by atoms with Crippen molar-refractivity contribution in [3.8, 4) is 0 Å². The van der Waals surface area contributed by atoms with Gasteiger partial charge in [-0.3, -0.25) is 4.79 Å². The Morgan fingerprint density at radius 1 is 1.26 bits per heavy atom. The lowest BCUT2D eigenvalue weighted by molar-refractivity contribution is -0.153. The largest absolute Gasteiger partial charge is 0.462 e. The number of hydrogen-bond donors (Lipinski definition) is 1. The Labute approximate surface area is 117 Å². The summed E-state index contributed by atoms with van der Waals surface area (Å²) >= 11 is 0. The van der Waals surface area contributed by atoms with E-state index in [9.17, 15) is 4.79 Å². The molecule has 0 aromatic carbocycles. The van der Waals surface area contributed by atoms with Crippen LogP contribution in [0, 0.1) is 5.41 Å². The summed E-state index contributed by atoms with van der Waals surface area (Å²) in [6.07, 6.45) is 6.53. The van der Waals surface area contributed by atoms with Crippen molar-refractivity contribution in [1.82, 2.24) is 0 Å². The van der Waals surface area contributed by atoms with Gasteiger partial charge in [0.15, 0.2) is 0 Å². The predicted octanol–water partition coefficient (Wildman–Crippen LogP) is 2.64. The second-order valence-corrected chi connectivity index (χ2v) is 6.34. The highest BCUT2D eigenvalue weighted by Crippen LogP contribution is 2.27. The summed E-state index contributed by atoms with van der Waals surface area (Å²) in [7, 11) is 1.73. The van der Waals surface area contributed by atoms with Gasteiger partial charge in [0.2, 0.25) is 0 Å². The Bertz CT molecular complexity index is 279.